The zero-order valence-electron chi connectivity index (χ0n) is 20.7. The molecular weight excluding hydrogens is 452 g/mol. The fourth-order valence-electron chi connectivity index (χ4n) is 5.15. The van der Waals surface area contributed by atoms with Crippen molar-refractivity contribution in [3.63, 3.8) is 0 Å². The van der Waals surface area contributed by atoms with Gasteiger partial charge in [-0.25, -0.2) is 13.1 Å². The number of hydrogen-bond donors (Lipinski definition) is 2. The fraction of sp³-hybridized carbons (Fsp3) is 0.400. The van der Waals surface area contributed by atoms with Gasteiger partial charge < -0.3 is 5.32 Å². The summed E-state index contributed by atoms with van der Waals surface area (Å²) in [4.78, 5) is 0.285. The normalized spacial score (nSPS) is 16.6. The topological polar surface area (TPSA) is 58.2 Å². The lowest BCUT2D eigenvalue weighted by Gasteiger charge is -2.30. The van der Waals surface area contributed by atoms with E-state index in [2.05, 4.69) is 22.2 Å². The molecule has 2 N–H and O–H groups in total. The zero-order valence-corrected chi connectivity index (χ0v) is 21.5. The molecule has 1 aliphatic carbocycles. The monoisotopic (exact) mass is 490 g/mol. The molecule has 4 nitrogen and oxygen atoms in total. The third-order valence-electron chi connectivity index (χ3n) is 7.14. The Morgan fingerprint density at radius 2 is 1.34 bits per heavy atom. The Hall–Kier alpha value is -2.47. The first-order valence-electron chi connectivity index (χ1n) is 13.0. The van der Waals surface area contributed by atoms with Crippen LogP contribution in [0.5, 0.6) is 0 Å². The molecule has 0 unspecified atom stereocenters. The number of aryl methyl sites for hydroxylation is 1. The van der Waals surface area contributed by atoms with E-state index in [1.165, 1.54) is 38.5 Å². The minimum Gasteiger partial charge on any atom is -0.308 e. The molecule has 1 saturated carbocycles. The number of sulfonamides is 1. The average molecular weight is 491 g/mol. The van der Waals surface area contributed by atoms with E-state index in [4.69, 9.17) is 0 Å². The lowest BCUT2D eigenvalue weighted by Crippen LogP contribution is -2.39. The van der Waals surface area contributed by atoms with Crippen molar-refractivity contribution in [3.05, 3.63) is 102 Å². The molecule has 0 aliphatic heterocycles. The first kappa shape index (κ1) is 25.6. The summed E-state index contributed by atoms with van der Waals surface area (Å²) in [7, 11) is -3.72. The quantitative estimate of drug-likeness (QED) is 0.294. The lowest BCUT2D eigenvalue weighted by atomic mass is 9.86. The number of benzene rings is 3. The van der Waals surface area contributed by atoms with Crippen LogP contribution in [0.1, 0.15) is 73.7 Å². The van der Waals surface area contributed by atoms with E-state index in [0.29, 0.717) is 0 Å². The van der Waals surface area contributed by atoms with Crippen molar-refractivity contribution in [2.24, 2.45) is 5.92 Å². The van der Waals surface area contributed by atoms with Crippen molar-refractivity contribution in [2.45, 2.75) is 68.8 Å². The Bertz CT molecular complexity index is 1130. The van der Waals surface area contributed by atoms with Crippen LogP contribution in [0.3, 0.4) is 0 Å². The summed E-state index contributed by atoms with van der Waals surface area (Å²) in [6, 6.07) is 26.5. The van der Waals surface area contributed by atoms with Crippen LogP contribution in [0, 0.1) is 12.8 Å². The third kappa shape index (κ3) is 7.26. The summed E-state index contributed by atoms with van der Waals surface area (Å²) in [5.41, 5.74) is 3.05. The minimum absolute atomic E-state index is 0.190. The molecule has 5 heteroatoms. The lowest BCUT2D eigenvalue weighted by molar-refractivity contribution is 0.324. The van der Waals surface area contributed by atoms with Crippen LogP contribution in [-0.4, -0.2) is 15.0 Å². The molecule has 186 valence electrons. The Kier molecular flexibility index (Phi) is 9.13. The highest BCUT2D eigenvalue weighted by molar-refractivity contribution is 7.89. The molecule has 0 bridgehead atoms. The molecule has 0 amide bonds. The van der Waals surface area contributed by atoms with Crippen LogP contribution in [0.4, 0.5) is 0 Å². The van der Waals surface area contributed by atoms with Gasteiger partial charge >= 0.3 is 0 Å². The smallest absolute Gasteiger partial charge is 0.241 e. The van der Waals surface area contributed by atoms with E-state index in [-0.39, 0.29) is 10.9 Å². The maximum absolute atomic E-state index is 13.5. The predicted octanol–water partition coefficient (Wildman–Crippen LogP) is 6.71. The van der Waals surface area contributed by atoms with E-state index in [1.54, 1.807) is 12.1 Å². The Morgan fingerprint density at radius 1 is 0.771 bits per heavy atom. The summed E-state index contributed by atoms with van der Waals surface area (Å²) in [5, 5.41) is 3.73. The molecule has 1 fully saturated rings. The van der Waals surface area contributed by atoms with Crippen LogP contribution in [0.2, 0.25) is 0 Å². The van der Waals surface area contributed by atoms with Crippen LogP contribution in [0.25, 0.3) is 0 Å². The molecule has 1 aliphatic rings. The first-order valence-corrected chi connectivity index (χ1v) is 14.4. The van der Waals surface area contributed by atoms with Crippen molar-refractivity contribution >= 4 is 10.0 Å². The Morgan fingerprint density at radius 3 is 1.94 bits per heavy atom. The van der Waals surface area contributed by atoms with Gasteiger partial charge in [0.05, 0.1) is 17.0 Å². The summed E-state index contributed by atoms with van der Waals surface area (Å²) in [6.45, 7) is 2.81. The molecular formula is C30H38N2O2S. The van der Waals surface area contributed by atoms with Crippen molar-refractivity contribution in [1.29, 1.82) is 0 Å². The molecule has 0 heterocycles. The number of rotatable bonds is 11. The third-order valence-corrected chi connectivity index (χ3v) is 8.60. The van der Waals surface area contributed by atoms with Gasteiger partial charge in [0.25, 0.3) is 0 Å². The molecule has 35 heavy (non-hydrogen) atoms. The van der Waals surface area contributed by atoms with Gasteiger partial charge in [0, 0.05) is 0 Å². The average Bonchev–Trinajstić information content (AvgIpc) is 2.89. The zero-order chi connectivity index (χ0) is 24.5. The van der Waals surface area contributed by atoms with Crippen LogP contribution in [0.15, 0.2) is 89.8 Å². The standard InChI is InChI=1S/C30H38N2O2S/c1-24-19-21-28(22-20-24)35(33,34)32-30(27-17-9-4-10-18-27)29(26-15-7-3-8-16-26)31-23-11-14-25-12-5-2-6-13-25/h3-4,7-10,15-22,25,29-32H,2,5-6,11-14,23H2,1H3/t29-,30-/m0/s1. The van der Waals surface area contributed by atoms with Crippen LogP contribution in [-0.2, 0) is 10.0 Å². The van der Waals surface area contributed by atoms with Crippen molar-refractivity contribution in [1.82, 2.24) is 10.0 Å². The van der Waals surface area contributed by atoms with Gasteiger partial charge in [0.15, 0.2) is 0 Å². The predicted molar refractivity (Wildman–Crippen MR) is 144 cm³/mol. The SMILES string of the molecule is Cc1ccc(S(=O)(=O)N[C@@H](c2ccccc2)[C@@H](NCCCC2CCCCC2)c2ccccc2)cc1. The van der Waals surface area contributed by atoms with Gasteiger partial charge in [-0.1, -0.05) is 110 Å². The van der Waals surface area contributed by atoms with E-state index >= 15 is 0 Å². The van der Waals surface area contributed by atoms with E-state index in [0.717, 1.165) is 35.6 Å². The number of hydrogen-bond acceptors (Lipinski definition) is 3. The molecule has 0 radical (unpaired) electrons. The highest BCUT2D eigenvalue weighted by atomic mass is 32.2. The highest BCUT2D eigenvalue weighted by Crippen LogP contribution is 2.32. The van der Waals surface area contributed by atoms with Crippen molar-refractivity contribution < 1.29 is 8.42 Å². The maximum atomic E-state index is 13.5. The van der Waals surface area contributed by atoms with Gasteiger partial charge in [0.2, 0.25) is 10.0 Å². The molecule has 0 saturated heterocycles. The molecule has 3 aromatic carbocycles. The second kappa shape index (κ2) is 12.5. The van der Waals surface area contributed by atoms with E-state index in [9.17, 15) is 8.42 Å². The molecule has 0 aromatic heterocycles. The van der Waals surface area contributed by atoms with E-state index < -0.39 is 16.1 Å². The first-order chi connectivity index (χ1) is 17.0. The van der Waals surface area contributed by atoms with Crippen LogP contribution < -0.4 is 10.0 Å². The maximum Gasteiger partial charge on any atom is 0.241 e. The fourth-order valence-corrected chi connectivity index (χ4v) is 6.39. The van der Waals surface area contributed by atoms with E-state index in [1.807, 2.05) is 67.6 Å². The molecule has 3 aromatic rings. The van der Waals surface area contributed by atoms with Crippen molar-refractivity contribution in [3.8, 4) is 0 Å². The Balaban J connectivity index is 1.58. The second-order valence-corrected chi connectivity index (χ2v) is 11.5. The second-order valence-electron chi connectivity index (χ2n) is 9.81. The summed E-state index contributed by atoms with van der Waals surface area (Å²) in [5.74, 6) is 0.839. The van der Waals surface area contributed by atoms with Gasteiger partial charge in [-0.2, -0.15) is 0 Å². The van der Waals surface area contributed by atoms with Gasteiger partial charge in [-0.3, -0.25) is 0 Å². The van der Waals surface area contributed by atoms with Crippen LogP contribution >= 0.6 is 0 Å². The molecule has 4 rings (SSSR count). The van der Waals surface area contributed by atoms with Crippen molar-refractivity contribution in [2.75, 3.05) is 6.54 Å². The summed E-state index contributed by atoms with van der Waals surface area (Å²) >= 11 is 0. The minimum atomic E-state index is -3.72. The number of nitrogens with one attached hydrogen (secondary N) is 2. The van der Waals surface area contributed by atoms with Gasteiger partial charge in [-0.05, 0) is 55.5 Å². The summed E-state index contributed by atoms with van der Waals surface area (Å²) < 4.78 is 30.0. The van der Waals surface area contributed by atoms with Gasteiger partial charge in [-0.15, -0.1) is 0 Å². The summed E-state index contributed by atoms with van der Waals surface area (Å²) in [6.07, 6.45) is 9.14. The molecule has 0 spiro atoms. The Labute approximate surface area is 211 Å². The highest BCUT2D eigenvalue weighted by Gasteiger charge is 2.29. The molecule has 2 atom stereocenters. The largest absolute Gasteiger partial charge is 0.308 e. The van der Waals surface area contributed by atoms with Gasteiger partial charge in [0.1, 0.15) is 0 Å².